The molecule has 0 aromatic carbocycles. The molecule has 0 heterocycles. The predicted molar refractivity (Wildman–Crippen MR) is 88.4 cm³/mol. The van der Waals surface area contributed by atoms with Gasteiger partial charge in [0.2, 0.25) is 5.91 Å². The Kier molecular flexibility index (Phi) is 7.18. The van der Waals surface area contributed by atoms with Crippen LogP contribution in [0.5, 0.6) is 0 Å². The number of esters is 1. The van der Waals surface area contributed by atoms with Crippen LogP contribution >= 0.6 is 0 Å². The van der Waals surface area contributed by atoms with Crippen LogP contribution in [0.15, 0.2) is 0 Å². The summed E-state index contributed by atoms with van der Waals surface area (Å²) in [6.45, 7) is 14.5. The van der Waals surface area contributed by atoms with E-state index in [1.807, 2.05) is 0 Å². The molecule has 21 heavy (non-hydrogen) atoms. The fourth-order valence-electron chi connectivity index (χ4n) is 1.24. The third-order valence-electron chi connectivity index (χ3n) is 3.91. The molecule has 5 heteroatoms. The van der Waals surface area contributed by atoms with Crippen molar-refractivity contribution in [2.75, 3.05) is 7.11 Å². The zero-order valence-electron chi connectivity index (χ0n) is 14.6. The van der Waals surface area contributed by atoms with Crippen LogP contribution < -0.4 is 5.32 Å². The number of carbonyl (C=O) groups excluding carboxylic acids is 2. The second kappa shape index (κ2) is 7.65. The number of methoxy groups -OCH3 is 1. The van der Waals surface area contributed by atoms with Gasteiger partial charge in [0.05, 0.1) is 7.11 Å². The van der Waals surface area contributed by atoms with Crippen LogP contribution in [-0.2, 0) is 14.3 Å². The van der Waals surface area contributed by atoms with Crippen LogP contribution in [0.4, 0.5) is 0 Å². The summed E-state index contributed by atoms with van der Waals surface area (Å²) in [6.07, 6.45) is 0.289. The Hall–Kier alpha value is -1.28. The van der Waals surface area contributed by atoms with E-state index in [1.165, 1.54) is 7.11 Å². The van der Waals surface area contributed by atoms with Crippen molar-refractivity contribution < 1.29 is 14.3 Å². The van der Waals surface area contributed by atoms with Crippen molar-refractivity contribution in [1.29, 1.82) is 0 Å². The van der Waals surface area contributed by atoms with Crippen LogP contribution in [0.25, 0.3) is 0 Å². The van der Waals surface area contributed by atoms with Crippen LogP contribution in [0.3, 0.4) is 0 Å². The van der Waals surface area contributed by atoms with Crippen molar-refractivity contribution in [3.8, 4) is 11.5 Å². The Labute approximate surface area is 130 Å². The summed E-state index contributed by atoms with van der Waals surface area (Å²) in [5.74, 6) is 2.29. The highest BCUT2D eigenvalue weighted by Gasteiger charge is 2.33. The van der Waals surface area contributed by atoms with Crippen molar-refractivity contribution in [3.63, 3.8) is 0 Å². The first-order valence-electron chi connectivity index (χ1n) is 7.30. The highest BCUT2D eigenvalue weighted by molar-refractivity contribution is 6.87. The molecule has 1 amide bonds. The van der Waals surface area contributed by atoms with E-state index in [4.69, 9.17) is 4.74 Å². The first-order valence-corrected chi connectivity index (χ1v) is 10.3. The van der Waals surface area contributed by atoms with Crippen molar-refractivity contribution in [2.24, 2.45) is 5.92 Å². The van der Waals surface area contributed by atoms with Gasteiger partial charge in [-0.15, -0.1) is 11.5 Å². The Bertz CT molecular complexity index is 439. The molecule has 0 saturated heterocycles. The van der Waals surface area contributed by atoms with E-state index in [0.717, 1.165) is 0 Å². The molecule has 0 radical (unpaired) electrons. The summed E-state index contributed by atoms with van der Waals surface area (Å²) in [7, 11) is -0.387. The lowest BCUT2D eigenvalue weighted by molar-refractivity contribution is -0.145. The Balaban J connectivity index is 4.96. The maximum Gasteiger partial charge on any atom is 0.329 e. The molecule has 0 spiro atoms. The molecule has 0 fully saturated rings. The van der Waals surface area contributed by atoms with Gasteiger partial charge in [0.1, 0.15) is 14.1 Å². The monoisotopic (exact) mass is 311 g/mol. The van der Waals surface area contributed by atoms with Gasteiger partial charge in [-0.05, 0) is 5.04 Å². The zero-order chi connectivity index (χ0) is 16.8. The molecule has 0 aliphatic carbocycles. The summed E-state index contributed by atoms with van der Waals surface area (Å²) in [4.78, 5) is 23.5. The summed E-state index contributed by atoms with van der Waals surface area (Å²) >= 11 is 0. The fourth-order valence-corrected chi connectivity index (χ4v) is 2.15. The Morgan fingerprint density at radius 3 is 2.14 bits per heavy atom. The molecule has 0 aliphatic heterocycles. The minimum Gasteiger partial charge on any atom is -0.467 e. The predicted octanol–water partition coefficient (Wildman–Crippen LogP) is 2.74. The number of nitrogens with one attached hydrogen (secondary N) is 1. The van der Waals surface area contributed by atoms with E-state index in [0.29, 0.717) is 0 Å². The third kappa shape index (κ3) is 6.34. The second-order valence-electron chi connectivity index (χ2n) is 7.12. The van der Waals surface area contributed by atoms with Gasteiger partial charge in [-0.2, -0.15) is 0 Å². The van der Waals surface area contributed by atoms with E-state index < -0.39 is 20.1 Å². The Morgan fingerprint density at radius 2 is 1.76 bits per heavy atom. The Morgan fingerprint density at radius 1 is 1.24 bits per heavy atom. The number of carbonyl (C=O) groups is 2. The minimum atomic E-state index is -1.70. The van der Waals surface area contributed by atoms with Gasteiger partial charge in [-0.25, -0.2) is 4.79 Å². The molecule has 0 bridgehead atoms. The number of amides is 1. The molecule has 1 atom stereocenters. The van der Waals surface area contributed by atoms with Crippen molar-refractivity contribution in [3.05, 3.63) is 0 Å². The summed E-state index contributed by atoms with van der Waals surface area (Å²) in [5.41, 5.74) is 3.34. The van der Waals surface area contributed by atoms with Crippen LogP contribution in [0.1, 0.15) is 41.0 Å². The maximum atomic E-state index is 11.7. The van der Waals surface area contributed by atoms with Crippen molar-refractivity contribution >= 4 is 20.0 Å². The average molecular weight is 311 g/mol. The molecule has 0 saturated carbocycles. The van der Waals surface area contributed by atoms with E-state index in [2.05, 4.69) is 50.6 Å². The highest BCUT2D eigenvalue weighted by atomic mass is 28.3. The number of hydrogen-bond donors (Lipinski definition) is 1. The van der Waals surface area contributed by atoms with Gasteiger partial charge in [-0.1, -0.05) is 47.7 Å². The second-order valence-corrected chi connectivity index (χ2v) is 12.1. The largest absolute Gasteiger partial charge is 0.467 e. The fraction of sp³-hybridized carbons (Fsp3) is 0.750. The molecule has 0 aromatic heterocycles. The van der Waals surface area contributed by atoms with Gasteiger partial charge in [0.15, 0.2) is 0 Å². The average Bonchev–Trinajstić information content (AvgIpc) is 2.34. The van der Waals surface area contributed by atoms with Gasteiger partial charge >= 0.3 is 5.97 Å². The number of ether oxygens (including phenoxy) is 1. The van der Waals surface area contributed by atoms with Crippen LogP contribution in [-0.4, -0.2) is 33.1 Å². The quantitative estimate of drug-likeness (QED) is 0.493. The lowest BCUT2D eigenvalue weighted by Crippen LogP contribution is -2.43. The molecule has 1 N–H and O–H groups in total. The van der Waals surface area contributed by atoms with Gasteiger partial charge < -0.3 is 10.1 Å². The summed E-state index contributed by atoms with van der Waals surface area (Å²) in [6, 6.07) is -0.692. The van der Waals surface area contributed by atoms with E-state index in [1.54, 1.807) is 13.8 Å². The highest BCUT2D eigenvalue weighted by Crippen LogP contribution is 2.35. The van der Waals surface area contributed by atoms with Crippen LogP contribution in [0.2, 0.25) is 18.1 Å². The lowest BCUT2D eigenvalue weighted by Gasteiger charge is -2.31. The topological polar surface area (TPSA) is 55.4 Å². The lowest BCUT2D eigenvalue weighted by atomic mass is 10.1. The molecular weight excluding hydrogens is 282 g/mol. The molecule has 0 rings (SSSR count). The first kappa shape index (κ1) is 19.7. The molecule has 0 aromatic rings. The molecule has 0 unspecified atom stereocenters. The molecular formula is C16H29NO3Si. The van der Waals surface area contributed by atoms with Gasteiger partial charge in [-0.3, -0.25) is 4.79 Å². The first-order chi connectivity index (χ1) is 9.42. The zero-order valence-corrected chi connectivity index (χ0v) is 15.6. The van der Waals surface area contributed by atoms with Crippen LogP contribution in [0, 0.1) is 17.4 Å². The molecule has 120 valence electrons. The number of hydrogen-bond acceptors (Lipinski definition) is 3. The molecule has 4 nitrogen and oxygen atoms in total. The van der Waals surface area contributed by atoms with Gasteiger partial charge in [0.25, 0.3) is 0 Å². The van der Waals surface area contributed by atoms with Crippen molar-refractivity contribution in [2.45, 2.75) is 65.2 Å². The standard InChI is InChI=1S/C16H29NO3Si/c1-12(2)14(18)17-13(15(19)20-6)10-9-11-21(7,8)16(3,4)5/h12-13H,10H2,1-8H3,(H,17,18)/t13-/m1/s1. The van der Waals surface area contributed by atoms with E-state index in [-0.39, 0.29) is 23.3 Å². The third-order valence-corrected chi connectivity index (χ3v) is 8.46. The minimum absolute atomic E-state index is 0.167. The normalized spacial score (nSPS) is 13.2. The van der Waals surface area contributed by atoms with E-state index >= 15 is 0 Å². The smallest absolute Gasteiger partial charge is 0.329 e. The van der Waals surface area contributed by atoms with E-state index in [9.17, 15) is 9.59 Å². The SMILES string of the molecule is COC(=O)[C@@H](CC#C[Si](C)(C)C(C)(C)C)NC(=O)C(C)C. The maximum absolute atomic E-state index is 11.7. The summed E-state index contributed by atoms with van der Waals surface area (Å²) in [5, 5.41) is 2.86. The number of rotatable bonds is 4. The summed E-state index contributed by atoms with van der Waals surface area (Å²) < 4.78 is 4.73. The van der Waals surface area contributed by atoms with Gasteiger partial charge in [0, 0.05) is 12.3 Å². The molecule has 0 aliphatic rings. The van der Waals surface area contributed by atoms with Crippen molar-refractivity contribution in [1.82, 2.24) is 5.32 Å².